The predicted molar refractivity (Wildman–Crippen MR) is 115 cm³/mol. The maximum Gasteiger partial charge on any atom is 0.265 e. The molecule has 2 atom stereocenters. The number of halogens is 1. The minimum absolute atomic E-state index is 0.175. The number of nitrogens with zero attached hydrogens (tertiary/aromatic N) is 1. The summed E-state index contributed by atoms with van der Waals surface area (Å²) in [7, 11) is 1.72. The summed E-state index contributed by atoms with van der Waals surface area (Å²) in [6, 6.07) is 12.3. The molecule has 7 heteroatoms. The number of thiophene rings is 1. The van der Waals surface area contributed by atoms with Crippen molar-refractivity contribution in [2.24, 2.45) is 5.92 Å². The maximum atomic E-state index is 12.9. The third kappa shape index (κ3) is 4.38. The quantitative estimate of drug-likeness (QED) is 0.552. The molecule has 1 N–H and O–H groups in total. The number of nitrogens with one attached hydrogen (secondary N) is 1. The van der Waals surface area contributed by atoms with Gasteiger partial charge in [0, 0.05) is 18.5 Å². The third-order valence-electron chi connectivity index (χ3n) is 5.10. The monoisotopic (exact) mass is 428 g/mol. The summed E-state index contributed by atoms with van der Waals surface area (Å²) in [5.41, 5.74) is 0.855. The molecular formula is C22H21ClN2O3S. The van der Waals surface area contributed by atoms with Crippen molar-refractivity contribution in [3.05, 3.63) is 74.8 Å². The van der Waals surface area contributed by atoms with Crippen LogP contribution in [0.4, 0.5) is 5.69 Å². The van der Waals surface area contributed by atoms with Crippen LogP contribution in [0.25, 0.3) is 0 Å². The summed E-state index contributed by atoms with van der Waals surface area (Å²) in [5.74, 6) is 2.51. The molecule has 4 rings (SSSR count). The fraction of sp³-hybridized carbons (Fsp3) is 0.273. The van der Waals surface area contributed by atoms with Crippen molar-refractivity contribution >= 4 is 40.4 Å². The number of amides is 2. The molecule has 2 aromatic heterocycles. The molecule has 1 fully saturated rings. The topological polar surface area (TPSA) is 62.6 Å². The van der Waals surface area contributed by atoms with Crippen LogP contribution in [-0.4, -0.2) is 23.8 Å². The average Bonchev–Trinajstić information content (AvgIpc) is 3.10. The molecule has 0 aliphatic heterocycles. The van der Waals surface area contributed by atoms with Gasteiger partial charge in [-0.3, -0.25) is 9.59 Å². The van der Waals surface area contributed by atoms with E-state index in [0.29, 0.717) is 39.5 Å². The third-order valence-corrected chi connectivity index (χ3v) is 6.30. The largest absolute Gasteiger partial charge is 0.464 e. The molecule has 1 aliphatic rings. The molecule has 3 aromatic rings. The molecule has 1 saturated carbocycles. The van der Waals surface area contributed by atoms with Crippen LogP contribution in [0.1, 0.15) is 50.8 Å². The highest BCUT2D eigenvalue weighted by Crippen LogP contribution is 2.47. The summed E-state index contributed by atoms with van der Waals surface area (Å²) in [5, 5.41) is 4.98. The number of carbonyl (C=O) groups excluding carboxylic acids is 2. The number of furan rings is 1. The molecule has 2 heterocycles. The van der Waals surface area contributed by atoms with Crippen molar-refractivity contribution in [3.8, 4) is 0 Å². The Balaban J connectivity index is 1.45. The second-order valence-corrected chi connectivity index (χ2v) is 8.77. The minimum Gasteiger partial charge on any atom is -0.464 e. The van der Waals surface area contributed by atoms with Crippen molar-refractivity contribution in [3.63, 3.8) is 0 Å². The van der Waals surface area contributed by atoms with Gasteiger partial charge in [0.05, 0.1) is 22.1 Å². The van der Waals surface area contributed by atoms with Crippen molar-refractivity contribution in [2.75, 3.05) is 12.4 Å². The molecule has 1 aromatic carbocycles. The smallest absolute Gasteiger partial charge is 0.265 e. The van der Waals surface area contributed by atoms with Crippen molar-refractivity contribution in [1.29, 1.82) is 0 Å². The lowest BCUT2D eigenvalue weighted by atomic mass is 10.1. The zero-order valence-corrected chi connectivity index (χ0v) is 17.7. The van der Waals surface area contributed by atoms with Gasteiger partial charge >= 0.3 is 0 Å². The number of hydrogen-bond acceptors (Lipinski definition) is 4. The number of benzene rings is 1. The molecule has 2 unspecified atom stereocenters. The Morgan fingerprint density at radius 1 is 1.28 bits per heavy atom. The van der Waals surface area contributed by atoms with Gasteiger partial charge in [0.15, 0.2) is 0 Å². The Morgan fingerprint density at radius 2 is 2.07 bits per heavy atom. The van der Waals surface area contributed by atoms with Gasteiger partial charge in [0.2, 0.25) is 0 Å². The van der Waals surface area contributed by atoms with E-state index in [9.17, 15) is 9.59 Å². The van der Waals surface area contributed by atoms with E-state index in [1.165, 1.54) is 11.3 Å². The van der Waals surface area contributed by atoms with Crippen LogP contribution in [0.5, 0.6) is 0 Å². The van der Waals surface area contributed by atoms with Gasteiger partial charge in [-0.05, 0) is 54.1 Å². The van der Waals surface area contributed by atoms with Crippen LogP contribution in [-0.2, 0) is 6.54 Å². The van der Waals surface area contributed by atoms with Gasteiger partial charge in [-0.1, -0.05) is 24.6 Å². The Bertz CT molecular complexity index is 1040. The zero-order valence-electron chi connectivity index (χ0n) is 16.1. The summed E-state index contributed by atoms with van der Waals surface area (Å²) in [6.07, 6.45) is 1.16. The summed E-state index contributed by atoms with van der Waals surface area (Å²) >= 11 is 7.56. The van der Waals surface area contributed by atoms with E-state index in [1.807, 2.05) is 17.5 Å². The van der Waals surface area contributed by atoms with Gasteiger partial charge < -0.3 is 14.6 Å². The molecule has 0 saturated heterocycles. The van der Waals surface area contributed by atoms with Crippen LogP contribution in [0.15, 0.2) is 52.3 Å². The highest BCUT2D eigenvalue weighted by Gasteiger charge is 2.36. The lowest BCUT2D eigenvalue weighted by Crippen LogP contribution is -2.26. The van der Waals surface area contributed by atoms with Gasteiger partial charge in [-0.15, -0.1) is 11.3 Å². The molecule has 0 radical (unpaired) electrons. The number of anilines is 1. The highest BCUT2D eigenvalue weighted by molar-refractivity contribution is 7.12. The van der Waals surface area contributed by atoms with Crippen LogP contribution in [0.2, 0.25) is 5.02 Å². The Labute approximate surface area is 178 Å². The second kappa shape index (κ2) is 8.05. The first-order valence-corrected chi connectivity index (χ1v) is 10.7. The van der Waals surface area contributed by atoms with Crippen LogP contribution in [0, 0.1) is 5.92 Å². The molecule has 0 bridgehead atoms. The fourth-order valence-corrected chi connectivity index (χ4v) is 4.05. The van der Waals surface area contributed by atoms with E-state index in [0.717, 1.165) is 17.9 Å². The Hall–Kier alpha value is -2.57. The van der Waals surface area contributed by atoms with Crippen LogP contribution >= 0.6 is 22.9 Å². The lowest BCUT2D eigenvalue weighted by molar-refractivity contribution is 0.0774. The van der Waals surface area contributed by atoms with Gasteiger partial charge in [-0.25, -0.2) is 0 Å². The second-order valence-electron chi connectivity index (χ2n) is 7.41. The van der Waals surface area contributed by atoms with E-state index in [1.54, 1.807) is 42.3 Å². The van der Waals surface area contributed by atoms with Gasteiger partial charge in [-0.2, -0.15) is 0 Å². The SMILES string of the molecule is CC1CC1c1ccc(CN(C)C(=O)c2ccc(Cl)c(NC(=O)c3cccs3)c2)o1. The molecule has 2 amide bonds. The zero-order chi connectivity index (χ0) is 20.5. The lowest BCUT2D eigenvalue weighted by Gasteiger charge is -2.17. The molecular weight excluding hydrogens is 408 g/mol. The average molecular weight is 429 g/mol. The molecule has 1 aliphatic carbocycles. The number of hydrogen-bond donors (Lipinski definition) is 1. The summed E-state index contributed by atoms with van der Waals surface area (Å²) in [4.78, 5) is 27.3. The van der Waals surface area contributed by atoms with E-state index in [-0.39, 0.29) is 11.8 Å². The number of carbonyl (C=O) groups is 2. The van der Waals surface area contributed by atoms with E-state index < -0.39 is 0 Å². The van der Waals surface area contributed by atoms with Crippen molar-refractivity contribution in [1.82, 2.24) is 4.90 Å². The fourth-order valence-electron chi connectivity index (χ4n) is 3.27. The Morgan fingerprint density at radius 3 is 2.76 bits per heavy atom. The first-order chi connectivity index (χ1) is 13.9. The van der Waals surface area contributed by atoms with Crippen LogP contribution in [0.3, 0.4) is 0 Å². The van der Waals surface area contributed by atoms with E-state index >= 15 is 0 Å². The van der Waals surface area contributed by atoms with E-state index in [4.69, 9.17) is 16.0 Å². The van der Waals surface area contributed by atoms with E-state index in [2.05, 4.69) is 12.2 Å². The molecule has 0 spiro atoms. The van der Waals surface area contributed by atoms with Gasteiger partial charge in [0.25, 0.3) is 11.8 Å². The van der Waals surface area contributed by atoms with Crippen LogP contribution < -0.4 is 5.32 Å². The van der Waals surface area contributed by atoms with Crippen molar-refractivity contribution < 1.29 is 14.0 Å². The van der Waals surface area contributed by atoms with Crippen molar-refractivity contribution in [2.45, 2.75) is 25.8 Å². The predicted octanol–water partition coefficient (Wildman–Crippen LogP) is 5.64. The van der Waals surface area contributed by atoms with Gasteiger partial charge in [0.1, 0.15) is 11.5 Å². The molecule has 29 heavy (non-hydrogen) atoms. The highest BCUT2D eigenvalue weighted by atomic mass is 35.5. The normalized spacial score (nSPS) is 17.8. The summed E-state index contributed by atoms with van der Waals surface area (Å²) in [6.45, 7) is 2.58. The first-order valence-electron chi connectivity index (χ1n) is 9.41. The standard InChI is InChI=1S/C22H21ClN2O3S/c1-13-10-16(13)19-8-6-15(28-19)12-25(2)22(27)14-5-7-17(23)18(11-14)24-21(26)20-4-3-9-29-20/h3-9,11,13,16H,10,12H2,1-2H3,(H,24,26). The Kier molecular flexibility index (Phi) is 5.48. The molecule has 5 nitrogen and oxygen atoms in total. The maximum absolute atomic E-state index is 12.9. The summed E-state index contributed by atoms with van der Waals surface area (Å²) < 4.78 is 5.90. The minimum atomic E-state index is -0.253. The molecule has 150 valence electrons. The first kappa shape index (κ1) is 19.7. The number of rotatable bonds is 6.